The second kappa shape index (κ2) is 12.8. The number of rotatable bonds is 11. The van der Waals surface area contributed by atoms with Crippen LogP contribution in [0.5, 0.6) is 0 Å². The number of hydrogen-bond donors (Lipinski definition) is 3. The Kier molecular flexibility index (Phi) is 9.53. The number of amides is 2. The second-order valence-corrected chi connectivity index (χ2v) is 8.83. The van der Waals surface area contributed by atoms with Gasteiger partial charge in [0.25, 0.3) is 5.91 Å². The average Bonchev–Trinajstić information content (AvgIpc) is 3.29. The summed E-state index contributed by atoms with van der Waals surface area (Å²) in [4.78, 5) is 37.5. The van der Waals surface area contributed by atoms with Gasteiger partial charge in [0.15, 0.2) is 0 Å². The zero-order chi connectivity index (χ0) is 24.3. The quantitative estimate of drug-likeness (QED) is 0.273. The highest BCUT2D eigenvalue weighted by Crippen LogP contribution is 2.13. The molecular formula is C23H25N5O4S2. The highest BCUT2D eigenvalue weighted by Gasteiger charge is 2.22. The molecule has 0 saturated carbocycles. The highest BCUT2D eigenvalue weighted by atomic mass is 32.2. The van der Waals surface area contributed by atoms with Crippen molar-refractivity contribution in [1.82, 2.24) is 25.6 Å². The minimum absolute atomic E-state index is 0.124. The van der Waals surface area contributed by atoms with Crippen LogP contribution in [0.3, 0.4) is 0 Å². The summed E-state index contributed by atoms with van der Waals surface area (Å²) < 4.78 is 6.17. The molecule has 1 heterocycles. The molecule has 3 aromatic rings. The van der Waals surface area contributed by atoms with Gasteiger partial charge in [-0.25, -0.2) is 9.48 Å². The van der Waals surface area contributed by atoms with Crippen LogP contribution in [0.1, 0.15) is 21.6 Å². The Labute approximate surface area is 207 Å². The number of carbonyl (C=O) groups is 3. The van der Waals surface area contributed by atoms with Crippen molar-refractivity contribution in [3.63, 3.8) is 0 Å². The lowest BCUT2D eigenvalue weighted by Crippen LogP contribution is -2.44. The fraction of sp³-hybridized carbons (Fsp3) is 0.261. The van der Waals surface area contributed by atoms with Crippen LogP contribution < -0.4 is 10.6 Å². The van der Waals surface area contributed by atoms with Gasteiger partial charge in [-0.1, -0.05) is 35.5 Å². The molecule has 0 aliphatic carbocycles. The summed E-state index contributed by atoms with van der Waals surface area (Å²) in [5, 5.41) is 13.3. The first-order chi connectivity index (χ1) is 16.4. The molecule has 0 spiro atoms. The summed E-state index contributed by atoms with van der Waals surface area (Å²) in [5.74, 6) is -0.0865. The van der Waals surface area contributed by atoms with Gasteiger partial charge in [-0.3, -0.25) is 9.59 Å². The van der Waals surface area contributed by atoms with Crippen LogP contribution in [0, 0.1) is 0 Å². The molecule has 2 N–H and O–H groups in total. The molecule has 0 unspecified atom stereocenters. The van der Waals surface area contributed by atoms with E-state index < -0.39 is 17.9 Å². The highest BCUT2D eigenvalue weighted by molar-refractivity contribution is 7.98. The Bertz CT molecular complexity index is 1110. The van der Waals surface area contributed by atoms with Crippen LogP contribution in [0.15, 0.2) is 65.7 Å². The number of nitrogens with one attached hydrogen (secondary N) is 2. The van der Waals surface area contributed by atoms with E-state index in [9.17, 15) is 14.4 Å². The van der Waals surface area contributed by atoms with Gasteiger partial charge in [-0.15, -0.1) is 17.7 Å². The molecule has 0 radical (unpaired) electrons. The first-order valence-corrected chi connectivity index (χ1v) is 12.0. The molecule has 178 valence electrons. The van der Waals surface area contributed by atoms with E-state index in [1.807, 2.05) is 30.3 Å². The fourth-order valence-corrected chi connectivity index (χ4v) is 4.10. The van der Waals surface area contributed by atoms with Gasteiger partial charge in [0, 0.05) is 22.0 Å². The number of hydrogen-bond acceptors (Lipinski definition) is 8. The molecule has 0 aliphatic heterocycles. The Morgan fingerprint density at radius 1 is 1.12 bits per heavy atom. The maximum Gasteiger partial charge on any atom is 0.329 e. The van der Waals surface area contributed by atoms with Crippen molar-refractivity contribution in [2.75, 3.05) is 12.9 Å². The SMILES string of the molecule is COC(=O)[C@H](CSCc1ccccc1)NC(=O)Cn1cc(CNC(=O)c2ccc(S)cc2)nn1. The Morgan fingerprint density at radius 2 is 1.85 bits per heavy atom. The topological polar surface area (TPSA) is 115 Å². The lowest BCUT2D eigenvalue weighted by atomic mass is 10.2. The number of esters is 1. The third-order valence-corrected chi connectivity index (χ3v) is 6.07. The lowest BCUT2D eigenvalue weighted by molar-refractivity contribution is -0.144. The van der Waals surface area contributed by atoms with E-state index >= 15 is 0 Å². The predicted molar refractivity (Wildman–Crippen MR) is 131 cm³/mol. The zero-order valence-electron chi connectivity index (χ0n) is 18.5. The third kappa shape index (κ3) is 7.92. The smallest absolute Gasteiger partial charge is 0.329 e. The number of methoxy groups -OCH3 is 1. The van der Waals surface area contributed by atoms with Gasteiger partial charge < -0.3 is 15.4 Å². The normalized spacial score (nSPS) is 11.5. The van der Waals surface area contributed by atoms with Gasteiger partial charge in [-0.05, 0) is 29.8 Å². The van der Waals surface area contributed by atoms with E-state index in [0.29, 0.717) is 22.8 Å². The number of thioether (sulfide) groups is 1. The average molecular weight is 500 g/mol. The summed E-state index contributed by atoms with van der Waals surface area (Å²) >= 11 is 5.72. The number of benzene rings is 2. The maximum atomic E-state index is 12.5. The molecule has 9 nitrogen and oxygen atoms in total. The molecule has 34 heavy (non-hydrogen) atoms. The Hall–Kier alpha value is -3.31. The molecule has 0 saturated heterocycles. The van der Waals surface area contributed by atoms with Crippen molar-refractivity contribution in [2.24, 2.45) is 0 Å². The van der Waals surface area contributed by atoms with E-state index in [-0.39, 0.29) is 19.0 Å². The Balaban J connectivity index is 1.47. The number of nitrogens with zero attached hydrogens (tertiary/aromatic N) is 3. The molecule has 0 aliphatic rings. The number of aromatic nitrogens is 3. The van der Waals surface area contributed by atoms with Crippen LogP contribution in [-0.4, -0.2) is 51.7 Å². The molecule has 3 rings (SSSR count). The fourth-order valence-electron chi connectivity index (χ4n) is 2.95. The van der Waals surface area contributed by atoms with Crippen molar-refractivity contribution in [3.8, 4) is 0 Å². The van der Waals surface area contributed by atoms with E-state index in [4.69, 9.17) is 4.74 Å². The van der Waals surface area contributed by atoms with E-state index in [0.717, 1.165) is 10.5 Å². The maximum absolute atomic E-state index is 12.5. The molecule has 1 atom stereocenters. The zero-order valence-corrected chi connectivity index (χ0v) is 20.2. The first kappa shape index (κ1) is 25.3. The third-order valence-electron chi connectivity index (χ3n) is 4.67. The van der Waals surface area contributed by atoms with Crippen molar-refractivity contribution >= 4 is 42.2 Å². The van der Waals surface area contributed by atoms with Gasteiger partial charge in [-0.2, -0.15) is 11.8 Å². The van der Waals surface area contributed by atoms with Crippen LogP contribution in [0.4, 0.5) is 0 Å². The molecule has 0 bridgehead atoms. The summed E-state index contributed by atoms with van der Waals surface area (Å²) in [5.41, 5.74) is 2.13. The summed E-state index contributed by atoms with van der Waals surface area (Å²) in [6, 6.07) is 15.9. The van der Waals surface area contributed by atoms with Gasteiger partial charge in [0.05, 0.1) is 19.9 Å². The lowest BCUT2D eigenvalue weighted by Gasteiger charge is -2.16. The van der Waals surface area contributed by atoms with Crippen LogP contribution >= 0.6 is 24.4 Å². The van der Waals surface area contributed by atoms with Gasteiger partial charge in [0.1, 0.15) is 18.3 Å². The predicted octanol–water partition coefficient (Wildman–Crippen LogP) is 2.09. The van der Waals surface area contributed by atoms with Crippen molar-refractivity contribution in [3.05, 3.63) is 77.6 Å². The summed E-state index contributed by atoms with van der Waals surface area (Å²) in [6.45, 7) is 0.0329. The Morgan fingerprint density at radius 3 is 2.56 bits per heavy atom. The monoisotopic (exact) mass is 499 g/mol. The minimum Gasteiger partial charge on any atom is -0.467 e. The molecular weight excluding hydrogens is 474 g/mol. The van der Waals surface area contributed by atoms with E-state index in [2.05, 4.69) is 33.6 Å². The molecule has 1 aromatic heterocycles. The van der Waals surface area contributed by atoms with Crippen LogP contribution in [0.25, 0.3) is 0 Å². The molecule has 2 amide bonds. The summed E-state index contributed by atoms with van der Waals surface area (Å²) in [7, 11) is 1.29. The van der Waals surface area contributed by atoms with Crippen molar-refractivity contribution in [2.45, 2.75) is 29.8 Å². The van der Waals surface area contributed by atoms with Crippen molar-refractivity contribution in [1.29, 1.82) is 0 Å². The largest absolute Gasteiger partial charge is 0.467 e. The van der Waals surface area contributed by atoms with Crippen molar-refractivity contribution < 1.29 is 19.1 Å². The molecule has 2 aromatic carbocycles. The van der Waals surface area contributed by atoms with Crippen LogP contribution in [0.2, 0.25) is 0 Å². The van der Waals surface area contributed by atoms with E-state index in [1.165, 1.54) is 23.6 Å². The van der Waals surface area contributed by atoms with Gasteiger partial charge >= 0.3 is 5.97 Å². The standard InChI is InChI=1S/C23H25N5O4S2/c1-32-23(31)20(15-34-14-16-5-3-2-4-6-16)25-21(29)13-28-12-18(26-27-28)11-24-22(30)17-7-9-19(33)10-8-17/h2-10,12,20,33H,11,13-15H2,1H3,(H,24,30)(H,25,29)/t20-/m0/s1. The number of carbonyl (C=O) groups excluding carboxylic acids is 3. The number of thiol groups is 1. The van der Waals surface area contributed by atoms with Gasteiger partial charge in [0.2, 0.25) is 5.91 Å². The first-order valence-electron chi connectivity index (χ1n) is 10.4. The van der Waals surface area contributed by atoms with E-state index in [1.54, 1.807) is 30.5 Å². The molecule has 0 fully saturated rings. The van der Waals surface area contributed by atoms with Crippen LogP contribution in [-0.2, 0) is 33.2 Å². The minimum atomic E-state index is -0.780. The number of ether oxygens (including phenoxy) is 1. The molecule has 11 heteroatoms. The summed E-state index contributed by atoms with van der Waals surface area (Å²) in [6.07, 6.45) is 1.56. The second-order valence-electron chi connectivity index (χ2n) is 7.28.